The van der Waals surface area contributed by atoms with Crippen LogP contribution in [0.4, 0.5) is 5.69 Å². The number of nitrogens with one attached hydrogen (secondary N) is 1. The Hall–Kier alpha value is -1.80. The van der Waals surface area contributed by atoms with Gasteiger partial charge in [-0.3, -0.25) is 9.10 Å². The third-order valence-electron chi connectivity index (χ3n) is 3.39. The number of carbonyl (C=O) groups is 1. The van der Waals surface area contributed by atoms with Crippen molar-refractivity contribution in [2.75, 3.05) is 44.5 Å². The molecule has 1 amide bonds. The normalized spacial score (nSPS) is 11.2. The smallest absolute Gasteiger partial charge is 0.232 e. The highest BCUT2D eigenvalue weighted by atomic mass is 32.2. The van der Waals surface area contributed by atoms with Crippen LogP contribution in [0.25, 0.3) is 0 Å². The lowest BCUT2D eigenvalue weighted by Gasteiger charge is -2.24. The second-order valence-electron chi connectivity index (χ2n) is 5.46. The van der Waals surface area contributed by atoms with Crippen LogP contribution in [0.5, 0.6) is 5.75 Å². The molecular formula is C16H26N2O5S. The molecule has 0 heterocycles. The van der Waals surface area contributed by atoms with Gasteiger partial charge in [-0.2, -0.15) is 0 Å². The van der Waals surface area contributed by atoms with Gasteiger partial charge < -0.3 is 14.8 Å². The Balaban J connectivity index is 2.82. The first kappa shape index (κ1) is 20.2. The van der Waals surface area contributed by atoms with E-state index in [1.807, 2.05) is 13.0 Å². The summed E-state index contributed by atoms with van der Waals surface area (Å²) >= 11 is 0. The first-order valence-electron chi connectivity index (χ1n) is 7.67. The number of aryl methyl sites for hydroxylation is 1. The molecule has 7 nitrogen and oxygen atoms in total. The van der Waals surface area contributed by atoms with Crippen molar-refractivity contribution in [1.82, 2.24) is 5.32 Å². The molecule has 0 aliphatic carbocycles. The highest BCUT2D eigenvalue weighted by Crippen LogP contribution is 2.31. The fraction of sp³-hybridized carbons (Fsp3) is 0.562. The fourth-order valence-corrected chi connectivity index (χ4v) is 3.12. The number of nitrogens with zero attached hydrogens (tertiary/aromatic N) is 1. The molecule has 0 aromatic heterocycles. The number of ether oxygens (including phenoxy) is 2. The average molecular weight is 358 g/mol. The number of hydrogen-bond donors (Lipinski definition) is 1. The number of benzene rings is 1. The van der Waals surface area contributed by atoms with Crippen LogP contribution in [-0.4, -0.2) is 54.5 Å². The van der Waals surface area contributed by atoms with Crippen LogP contribution in [0.2, 0.25) is 0 Å². The van der Waals surface area contributed by atoms with Crippen molar-refractivity contribution in [2.24, 2.45) is 0 Å². The summed E-state index contributed by atoms with van der Waals surface area (Å²) in [5.74, 6) is 0.248. The average Bonchev–Trinajstić information content (AvgIpc) is 2.50. The summed E-state index contributed by atoms with van der Waals surface area (Å²) in [7, 11) is -0.457. The minimum absolute atomic E-state index is 0.0504. The molecule has 0 aliphatic rings. The van der Waals surface area contributed by atoms with Crippen molar-refractivity contribution in [3.63, 3.8) is 0 Å². The molecule has 0 saturated carbocycles. The van der Waals surface area contributed by atoms with Crippen molar-refractivity contribution >= 4 is 21.6 Å². The Labute approximate surface area is 144 Å². The largest absolute Gasteiger partial charge is 0.495 e. The van der Waals surface area contributed by atoms with Gasteiger partial charge in [0.05, 0.1) is 19.1 Å². The van der Waals surface area contributed by atoms with E-state index >= 15 is 0 Å². The zero-order valence-corrected chi connectivity index (χ0v) is 15.5. The Morgan fingerprint density at radius 2 is 2.00 bits per heavy atom. The molecule has 0 spiro atoms. The second kappa shape index (κ2) is 9.48. The van der Waals surface area contributed by atoms with Gasteiger partial charge in [0.1, 0.15) is 5.75 Å². The van der Waals surface area contributed by atoms with Crippen LogP contribution in [0.15, 0.2) is 18.2 Å². The number of anilines is 1. The van der Waals surface area contributed by atoms with Gasteiger partial charge in [-0.1, -0.05) is 6.07 Å². The summed E-state index contributed by atoms with van der Waals surface area (Å²) in [6.07, 6.45) is 1.89. The van der Waals surface area contributed by atoms with Gasteiger partial charge in [-0.15, -0.1) is 0 Å². The number of carbonyl (C=O) groups excluding carboxylic acids is 1. The van der Waals surface area contributed by atoms with E-state index in [2.05, 4.69) is 5.32 Å². The molecular weight excluding hydrogens is 332 g/mol. The van der Waals surface area contributed by atoms with Gasteiger partial charge in [0.2, 0.25) is 15.9 Å². The van der Waals surface area contributed by atoms with Crippen molar-refractivity contribution in [3.05, 3.63) is 23.8 Å². The molecule has 0 bridgehead atoms. The van der Waals surface area contributed by atoms with Crippen molar-refractivity contribution in [1.29, 1.82) is 0 Å². The number of hydrogen-bond acceptors (Lipinski definition) is 5. The van der Waals surface area contributed by atoms with Gasteiger partial charge >= 0.3 is 0 Å². The lowest BCUT2D eigenvalue weighted by Crippen LogP contribution is -2.35. The van der Waals surface area contributed by atoms with Gasteiger partial charge in [0.15, 0.2) is 0 Å². The van der Waals surface area contributed by atoms with E-state index in [1.54, 1.807) is 19.2 Å². The summed E-state index contributed by atoms with van der Waals surface area (Å²) in [6.45, 7) is 2.98. The van der Waals surface area contributed by atoms with E-state index in [-0.39, 0.29) is 18.9 Å². The standard InChI is InChI=1S/C16H26N2O5S/c1-13-6-7-15(23-3)14(12-13)18(24(4,20)21)10-8-16(19)17-9-5-11-22-2/h6-7,12H,5,8-11H2,1-4H3,(H,17,19). The lowest BCUT2D eigenvalue weighted by molar-refractivity contribution is -0.120. The van der Waals surface area contributed by atoms with Crippen molar-refractivity contribution < 1.29 is 22.7 Å². The fourth-order valence-electron chi connectivity index (χ4n) is 2.20. The first-order chi connectivity index (χ1) is 11.3. The summed E-state index contributed by atoms with van der Waals surface area (Å²) in [5.41, 5.74) is 1.34. The van der Waals surface area contributed by atoms with Crippen LogP contribution in [0.3, 0.4) is 0 Å². The van der Waals surface area contributed by atoms with E-state index in [9.17, 15) is 13.2 Å². The van der Waals surface area contributed by atoms with Gasteiger partial charge in [0, 0.05) is 33.2 Å². The van der Waals surface area contributed by atoms with Crippen LogP contribution >= 0.6 is 0 Å². The molecule has 0 atom stereocenters. The SMILES string of the molecule is COCCCNC(=O)CCN(c1cc(C)ccc1OC)S(C)(=O)=O. The molecule has 1 N–H and O–H groups in total. The van der Waals surface area contributed by atoms with E-state index in [0.717, 1.165) is 11.8 Å². The van der Waals surface area contributed by atoms with Gasteiger partial charge in [-0.05, 0) is 31.0 Å². The maximum atomic E-state index is 12.1. The highest BCUT2D eigenvalue weighted by molar-refractivity contribution is 7.92. The topological polar surface area (TPSA) is 84.9 Å². The molecule has 1 aromatic rings. The van der Waals surface area contributed by atoms with Crippen LogP contribution in [0.1, 0.15) is 18.4 Å². The summed E-state index contributed by atoms with van der Waals surface area (Å²) in [5, 5.41) is 2.74. The second-order valence-corrected chi connectivity index (χ2v) is 7.36. The summed E-state index contributed by atoms with van der Waals surface area (Å²) < 4.78 is 35.7. The molecule has 0 unspecified atom stereocenters. The molecule has 24 heavy (non-hydrogen) atoms. The van der Waals surface area contributed by atoms with Gasteiger partial charge in [-0.25, -0.2) is 8.42 Å². The quantitative estimate of drug-likeness (QED) is 0.638. The highest BCUT2D eigenvalue weighted by Gasteiger charge is 2.22. The molecule has 1 rings (SSSR count). The molecule has 0 fully saturated rings. The number of amides is 1. The van der Waals surface area contributed by atoms with Crippen LogP contribution < -0.4 is 14.4 Å². The monoisotopic (exact) mass is 358 g/mol. The Morgan fingerprint density at radius 1 is 1.29 bits per heavy atom. The minimum atomic E-state index is -3.54. The molecule has 136 valence electrons. The maximum absolute atomic E-state index is 12.1. The third kappa shape index (κ3) is 6.37. The maximum Gasteiger partial charge on any atom is 0.232 e. The van der Waals surface area contributed by atoms with E-state index < -0.39 is 10.0 Å². The number of sulfonamides is 1. The zero-order valence-electron chi connectivity index (χ0n) is 14.7. The Bertz CT molecular complexity index is 646. The van der Waals surface area contributed by atoms with Crippen LogP contribution in [0, 0.1) is 6.92 Å². The van der Waals surface area contributed by atoms with E-state index in [4.69, 9.17) is 9.47 Å². The minimum Gasteiger partial charge on any atom is -0.495 e. The third-order valence-corrected chi connectivity index (χ3v) is 4.57. The van der Waals surface area contributed by atoms with Crippen molar-refractivity contribution in [2.45, 2.75) is 19.8 Å². The first-order valence-corrected chi connectivity index (χ1v) is 9.52. The molecule has 1 aromatic carbocycles. The molecule has 0 saturated heterocycles. The van der Waals surface area contributed by atoms with E-state index in [0.29, 0.717) is 31.0 Å². The Morgan fingerprint density at radius 3 is 2.58 bits per heavy atom. The van der Waals surface area contributed by atoms with Gasteiger partial charge in [0.25, 0.3) is 0 Å². The number of methoxy groups -OCH3 is 2. The zero-order chi connectivity index (χ0) is 18.2. The van der Waals surface area contributed by atoms with E-state index in [1.165, 1.54) is 11.4 Å². The van der Waals surface area contributed by atoms with Crippen LogP contribution in [-0.2, 0) is 19.6 Å². The molecule has 0 aliphatic heterocycles. The predicted molar refractivity (Wildman–Crippen MR) is 94.0 cm³/mol. The molecule has 8 heteroatoms. The summed E-state index contributed by atoms with van der Waals surface area (Å²) in [6, 6.07) is 5.29. The Kier molecular flexibility index (Phi) is 8.00. The summed E-state index contributed by atoms with van der Waals surface area (Å²) in [4.78, 5) is 11.9. The number of rotatable bonds is 10. The lowest BCUT2D eigenvalue weighted by atomic mass is 10.2. The predicted octanol–water partition coefficient (Wildman–Crippen LogP) is 1.31. The van der Waals surface area contributed by atoms with Crippen molar-refractivity contribution in [3.8, 4) is 5.75 Å². The molecule has 0 radical (unpaired) electrons.